The number of carbonyl (C=O) groups is 1. The Morgan fingerprint density at radius 3 is 2.41 bits per heavy atom. The predicted octanol–water partition coefficient (Wildman–Crippen LogP) is 2.60. The van der Waals surface area contributed by atoms with Gasteiger partial charge in [-0.15, -0.1) is 0 Å². The summed E-state index contributed by atoms with van der Waals surface area (Å²) in [6, 6.07) is 13.8. The maximum atomic E-state index is 13.0. The molecule has 1 aliphatic rings. The summed E-state index contributed by atoms with van der Waals surface area (Å²) < 4.78 is 37.0. The van der Waals surface area contributed by atoms with E-state index in [9.17, 15) is 13.2 Å². The number of benzene rings is 2. The van der Waals surface area contributed by atoms with Gasteiger partial charge in [-0.3, -0.25) is 4.79 Å². The van der Waals surface area contributed by atoms with Crippen molar-refractivity contribution in [3.63, 3.8) is 0 Å². The molecule has 29 heavy (non-hydrogen) atoms. The highest BCUT2D eigenvalue weighted by Crippen LogP contribution is 2.34. The highest BCUT2D eigenvalue weighted by atomic mass is 32.2. The Hall–Kier alpha value is -2.42. The highest BCUT2D eigenvalue weighted by molar-refractivity contribution is 7.89. The summed E-state index contributed by atoms with van der Waals surface area (Å²) in [5.41, 5.74) is 1.54. The molecule has 1 unspecified atom stereocenters. The van der Waals surface area contributed by atoms with Crippen LogP contribution in [0.15, 0.2) is 53.4 Å². The molecule has 1 N–H and O–H groups in total. The van der Waals surface area contributed by atoms with Crippen LogP contribution in [0.25, 0.3) is 0 Å². The minimum Gasteiger partial charge on any atom is -0.497 e. The Balaban J connectivity index is 1.73. The van der Waals surface area contributed by atoms with Crippen LogP contribution in [0.4, 0.5) is 0 Å². The number of carbonyl (C=O) groups excluding carboxylic acids is 1. The molecule has 1 amide bonds. The quantitative estimate of drug-likeness (QED) is 0.666. The van der Waals surface area contributed by atoms with E-state index in [0.717, 1.165) is 24.2 Å². The van der Waals surface area contributed by atoms with E-state index in [2.05, 4.69) is 4.72 Å². The zero-order valence-electron chi connectivity index (χ0n) is 16.6. The minimum atomic E-state index is -3.62. The number of nitrogens with zero attached hydrogens (tertiary/aromatic N) is 1. The maximum Gasteiger partial charge on any atom is 0.254 e. The van der Waals surface area contributed by atoms with E-state index in [4.69, 9.17) is 9.47 Å². The van der Waals surface area contributed by atoms with E-state index in [1.807, 2.05) is 29.2 Å². The van der Waals surface area contributed by atoms with Gasteiger partial charge in [0.1, 0.15) is 5.75 Å². The second-order valence-corrected chi connectivity index (χ2v) is 8.61. The average molecular weight is 419 g/mol. The Labute approximate surface area is 171 Å². The summed E-state index contributed by atoms with van der Waals surface area (Å²) in [6.07, 6.45) is 1.83. The molecule has 1 heterocycles. The first-order valence-electron chi connectivity index (χ1n) is 9.50. The minimum absolute atomic E-state index is 0.00697. The SMILES string of the molecule is COCCNS(=O)(=O)c1ccc(C(=O)N2CCCC2c2ccc(OC)cc2)cc1. The van der Waals surface area contributed by atoms with Crippen molar-refractivity contribution in [2.24, 2.45) is 0 Å². The number of rotatable bonds is 8. The van der Waals surface area contributed by atoms with Crippen LogP contribution in [-0.2, 0) is 14.8 Å². The summed E-state index contributed by atoms with van der Waals surface area (Å²) in [5, 5.41) is 0. The third-order valence-electron chi connectivity index (χ3n) is 5.02. The largest absolute Gasteiger partial charge is 0.497 e. The number of likely N-dealkylation sites (tertiary alicyclic amines) is 1. The predicted molar refractivity (Wildman–Crippen MR) is 110 cm³/mol. The van der Waals surface area contributed by atoms with Crippen molar-refractivity contribution in [3.8, 4) is 5.75 Å². The van der Waals surface area contributed by atoms with Gasteiger partial charge in [-0.05, 0) is 54.8 Å². The van der Waals surface area contributed by atoms with Crippen molar-refractivity contribution in [2.75, 3.05) is 33.9 Å². The van der Waals surface area contributed by atoms with Gasteiger partial charge < -0.3 is 14.4 Å². The lowest BCUT2D eigenvalue weighted by molar-refractivity contribution is 0.0735. The van der Waals surface area contributed by atoms with Gasteiger partial charge in [-0.1, -0.05) is 12.1 Å². The van der Waals surface area contributed by atoms with Gasteiger partial charge in [0.05, 0.1) is 24.7 Å². The van der Waals surface area contributed by atoms with Crippen LogP contribution in [0.2, 0.25) is 0 Å². The molecule has 0 aromatic heterocycles. The lowest BCUT2D eigenvalue weighted by Gasteiger charge is -2.25. The molecular formula is C21H26N2O5S. The van der Waals surface area contributed by atoms with E-state index in [-0.39, 0.29) is 30.0 Å². The molecule has 8 heteroatoms. The molecular weight excluding hydrogens is 392 g/mol. The summed E-state index contributed by atoms with van der Waals surface area (Å²) in [5.74, 6) is 0.681. The zero-order chi connectivity index (χ0) is 20.9. The Morgan fingerprint density at radius 1 is 1.10 bits per heavy atom. The van der Waals surface area contributed by atoms with E-state index >= 15 is 0 Å². The van der Waals surface area contributed by atoms with Crippen LogP contribution >= 0.6 is 0 Å². The fourth-order valence-electron chi connectivity index (χ4n) is 3.49. The number of amides is 1. The van der Waals surface area contributed by atoms with Gasteiger partial charge in [0, 0.05) is 25.8 Å². The van der Waals surface area contributed by atoms with E-state index in [0.29, 0.717) is 12.1 Å². The number of ether oxygens (including phenoxy) is 2. The highest BCUT2D eigenvalue weighted by Gasteiger charge is 2.30. The molecule has 0 radical (unpaired) electrons. The monoisotopic (exact) mass is 418 g/mol. The third-order valence-corrected chi connectivity index (χ3v) is 6.50. The molecule has 2 aromatic rings. The lowest BCUT2D eigenvalue weighted by atomic mass is 10.0. The Morgan fingerprint density at radius 2 is 1.79 bits per heavy atom. The Kier molecular flexibility index (Phi) is 6.89. The van der Waals surface area contributed by atoms with Crippen LogP contribution in [0.1, 0.15) is 34.8 Å². The maximum absolute atomic E-state index is 13.0. The molecule has 1 aliphatic heterocycles. The van der Waals surface area contributed by atoms with Crippen LogP contribution in [0, 0.1) is 0 Å². The zero-order valence-corrected chi connectivity index (χ0v) is 17.4. The number of nitrogens with one attached hydrogen (secondary N) is 1. The van der Waals surface area contributed by atoms with Gasteiger partial charge in [-0.25, -0.2) is 13.1 Å². The molecule has 0 aliphatic carbocycles. The molecule has 0 spiro atoms. The molecule has 0 saturated carbocycles. The normalized spacial score (nSPS) is 16.8. The smallest absolute Gasteiger partial charge is 0.254 e. The topological polar surface area (TPSA) is 84.9 Å². The number of sulfonamides is 1. The number of methoxy groups -OCH3 is 2. The van der Waals surface area contributed by atoms with Gasteiger partial charge in [0.25, 0.3) is 5.91 Å². The van der Waals surface area contributed by atoms with E-state index in [1.54, 1.807) is 19.2 Å². The van der Waals surface area contributed by atoms with Gasteiger partial charge >= 0.3 is 0 Å². The fourth-order valence-corrected chi connectivity index (χ4v) is 4.50. The number of hydrogen-bond donors (Lipinski definition) is 1. The van der Waals surface area contributed by atoms with Crippen LogP contribution in [0.3, 0.4) is 0 Å². The van der Waals surface area contributed by atoms with Crippen molar-refractivity contribution < 1.29 is 22.7 Å². The molecule has 0 bridgehead atoms. The van der Waals surface area contributed by atoms with Gasteiger partial charge in [0.15, 0.2) is 0 Å². The van der Waals surface area contributed by atoms with E-state index < -0.39 is 10.0 Å². The van der Waals surface area contributed by atoms with Gasteiger partial charge in [-0.2, -0.15) is 0 Å². The van der Waals surface area contributed by atoms with Crippen molar-refractivity contribution in [1.82, 2.24) is 9.62 Å². The Bertz CT molecular complexity index is 927. The van der Waals surface area contributed by atoms with Crippen LogP contribution in [0.5, 0.6) is 5.75 Å². The van der Waals surface area contributed by atoms with Crippen LogP contribution < -0.4 is 9.46 Å². The number of hydrogen-bond acceptors (Lipinski definition) is 5. The van der Waals surface area contributed by atoms with Crippen LogP contribution in [-0.4, -0.2) is 53.1 Å². The summed E-state index contributed by atoms with van der Waals surface area (Å²) >= 11 is 0. The summed E-state index contributed by atoms with van der Waals surface area (Å²) in [6.45, 7) is 1.16. The molecule has 1 fully saturated rings. The molecule has 1 saturated heterocycles. The van der Waals surface area contributed by atoms with E-state index in [1.165, 1.54) is 19.2 Å². The molecule has 7 nitrogen and oxygen atoms in total. The second kappa shape index (κ2) is 9.39. The first-order chi connectivity index (χ1) is 14.0. The molecule has 2 aromatic carbocycles. The van der Waals surface area contributed by atoms with Crippen molar-refractivity contribution in [3.05, 3.63) is 59.7 Å². The first kappa shape index (κ1) is 21.3. The van der Waals surface area contributed by atoms with Gasteiger partial charge in [0.2, 0.25) is 10.0 Å². The molecule has 156 valence electrons. The van der Waals surface area contributed by atoms with Crippen molar-refractivity contribution >= 4 is 15.9 Å². The second-order valence-electron chi connectivity index (χ2n) is 6.84. The molecule has 1 atom stereocenters. The summed E-state index contributed by atoms with van der Waals surface area (Å²) in [4.78, 5) is 15.0. The fraction of sp³-hybridized carbons (Fsp3) is 0.381. The van der Waals surface area contributed by atoms with Crippen molar-refractivity contribution in [1.29, 1.82) is 0 Å². The molecule has 3 rings (SSSR count). The first-order valence-corrected chi connectivity index (χ1v) is 11.0. The average Bonchev–Trinajstić information content (AvgIpc) is 3.23. The third kappa shape index (κ3) is 4.95. The standard InChI is InChI=1S/C21H26N2O5S/c1-27-15-13-22-29(25,26)19-11-7-17(8-12-19)21(24)23-14-3-4-20(23)16-5-9-18(28-2)10-6-16/h5-12,20,22H,3-4,13-15H2,1-2H3. The lowest BCUT2D eigenvalue weighted by Crippen LogP contribution is -2.30. The summed E-state index contributed by atoms with van der Waals surface area (Å²) in [7, 11) is -0.493. The van der Waals surface area contributed by atoms with Crippen molar-refractivity contribution in [2.45, 2.75) is 23.8 Å².